The molecule has 24 heavy (non-hydrogen) atoms. The molecule has 1 amide bonds. The number of ether oxygens (including phenoxy) is 2. The molecule has 0 aliphatic carbocycles. The first-order valence-electron chi connectivity index (χ1n) is 7.03. The van der Waals surface area contributed by atoms with Crippen molar-refractivity contribution in [1.29, 1.82) is 0 Å². The SMILES string of the molecule is CC1(CNC(=O)c2cc([N+](=O)[O-])cc(C(F)(F)F)c2)OCCCO1. The molecule has 1 aromatic rings. The second-order valence-electron chi connectivity index (χ2n) is 5.39. The van der Waals surface area contributed by atoms with E-state index < -0.39 is 39.6 Å². The van der Waals surface area contributed by atoms with Gasteiger partial charge in [0.2, 0.25) is 0 Å². The summed E-state index contributed by atoms with van der Waals surface area (Å²) >= 11 is 0. The van der Waals surface area contributed by atoms with Gasteiger partial charge in [-0.15, -0.1) is 0 Å². The maximum atomic E-state index is 12.8. The number of carbonyl (C=O) groups is 1. The number of rotatable bonds is 4. The van der Waals surface area contributed by atoms with E-state index in [9.17, 15) is 28.1 Å². The molecular weight excluding hydrogens is 333 g/mol. The van der Waals surface area contributed by atoms with Crippen LogP contribution in [-0.2, 0) is 15.7 Å². The highest BCUT2D eigenvalue weighted by molar-refractivity contribution is 5.95. The Bertz CT molecular complexity index is 642. The van der Waals surface area contributed by atoms with Gasteiger partial charge >= 0.3 is 6.18 Å². The zero-order chi connectivity index (χ0) is 18.0. The summed E-state index contributed by atoms with van der Waals surface area (Å²) in [6.07, 6.45) is -4.11. The first kappa shape index (κ1) is 18.1. The number of nitro groups is 1. The number of benzene rings is 1. The fourth-order valence-electron chi connectivity index (χ4n) is 2.13. The lowest BCUT2D eigenvalue weighted by atomic mass is 10.1. The van der Waals surface area contributed by atoms with E-state index in [-0.39, 0.29) is 6.54 Å². The van der Waals surface area contributed by atoms with Crippen molar-refractivity contribution < 1.29 is 32.4 Å². The van der Waals surface area contributed by atoms with Crippen molar-refractivity contribution >= 4 is 11.6 Å². The fraction of sp³-hybridized carbons (Fsp3) is 0.500. The monoisotopic (exact) mass is 348 g/mol. The highest BCUT2D eigenvalue weighted by Crippen LogP contribution is 2.32. The van der Waals surface area contributed by atoms with Crippen molar-refractivity contribution in [3.63, 3.8) is 0 Å². The van der Waals surface area contributed by atoms with E-state index in [0.717, 1.165) is 6.07 Å². The Kier molecular flexibility index (Phi) is 5.09. The molecular formula is C14H15F3N2O5. The van der Waals surface area contributed by atoms with E-state index in [2.05, 4.69) is 5.32 Å². The second-order valence-corrected chi connectivity index (χ2v) is 5.39. The minimum atomic E-state index is -4.80. The topological polar surface area (TPSA) is 90.7 Å². The highest BCUT2D eigenvalue weighted by atomic mass is 19.4. The first-order chi connectivity index (χ1) is 11.1. The number of amides is 1. The van der Waals surface area contributed by atoms with E-state index >= 15 is 0 Å². The Morgan fingerprint density at radius 2 is 1.96 bits per heavy atom. The van der Waals surface area contributed by atoms with Crippen LogP contribution in [0.25, 0.3) is 0 Å². The van der Waals surface area contributed by atoms with Gasteiger partial charge in [-0.05, 0) is 19.4 Å². The van der Waals surface area contributed by atoms with Gasteiger partial charge in [-0.2, -0.15) is 13.2 Å². The third-order valence-electron chi connectivity index (χ3n) is 3.39. The number of carbonyl (C=O) groups excluding carboxylic acids is 1. The van der Waals surface area contributed by atoms with Crippen LogP contribution >= 0.6 is 0 Å². The maximum Gasteiger partial charge on any atom is 0.416 e. The molecule has 1 aromatic carbocycles. The zero-order valence-electron chi connectivity index (χ0n) is 12.7. The van der Waals surface area contributed by atoms with Crippen molar-refractivity contribution in [3.05, 3.63) is 39.4 Å². The molecule has 1 heterocycles. The average molecular weight is 348 g/mol. The Labute approximate surface area is 134 Å². The van der Waals surface area contributed by atoms with Crippen molar-refractivity contribution in [3.8, 4) is 0 Å². The number of nitro benzene ring substituents is 1. The van der Waals surface area contributed by atoms with Gasteiger partial charge in [-0.3, -0.25) is 14.9 Å². The molecule has 7 nitrogen and oxygen atoms in total. The standard InChI is InChI=1S/C14H15F3N2O5/c1-13(23-3-2-4-24-13)8-18-12(20)9-5-10(14(15,16)17)7-11(6-9)19(21)22/h5-7H,2-4,8H2,1H3,(H,18,20). The van der Waals surface area contributed by atoms with E-state index in [4.69, 9.17) is 9.47 Å². The molecule has 0 aromatic heterocycles. The number of nitrogens with zero attached hydrogens (tertiary/aromatic N) is 1. The predicted molar refractivity (Wildman–Crippen MR) is 75.4 cm³/mol. The summed E-state index contributed by atoms with van der Waals surface area (Å²) in [5.74, 6) is -1.97. The van der Waals surface area contributed by atoms with Gasteiger partial charge in [0.15, 0.2) is 5.79 Å². The fourth-order valence-corrected chi connectivity index (χ4v) is 2.13. The van der Waals surface area contributed by atoms with Crippen molar-refractivity contribution in [1.82, 2.24) is 5.32 Å². The number of halogens is 3. The molecule has 1 saturated heterocycles. The third-order valence-corrected chi connectivity index (χ3v) is 3.39. The smallest absolute Gasteiger partial charge is 0.348 e. The van der Waals surface area contributed by atoms with Crippen LogP contribution in [0.4, 0.5) is 18.9 Å². The zero-order valence-corrected chi connectivity index (χ0v) is 12.7. The Balaban J connectivity index is 2.18. The largest absolute Gasteiger partial charge is 0.416 e. The molecule has 0 bridgehead atoms. The second kappa shape index (κ2) is 6.73. The highest BCUT2D eigenvalue weighted by Gasteiger charge is 2.34. The molecule has 0 radical (unpaired) electrons. The Morgan fingerprint density at radius 1 is 1.33 bits per heavy atom. The van der Waals surface area contributed by atoms with E-state index in [1.165, 1.54) is 0 Å². The van der Waals surface area contributed by atoms with E-state index in [1.807, 2.05) is 0 Å². The van der Waals surface area contributed by atoms with Crippen LogP contribution in [0.3, 0.4) is 0 Å². The molecule has 0 unspecified atom stereocenters. The molecule has 0 saturated carbocycles. The van der Waals surface area contributed by atoms with Crippen LogP contribution in [0.1, 0.15) is 29.3 Å². The van der Waals surface area contributed by atoms with Gasteiger partial charge in [0.05, 0.1) is 30.2 Å². The summed E-state index contributed by atoms with van der Waals surface area (Å²) in [7, 11) is 0. The first-order valence-corrected chi connectivity index (χ1v) is 7.03. The molecule has 1 aliphatic heterocycles. The van der Waals surface area contributed by atoms with Gasteiger partial charge < -0.3 is 14.8 Å². The molecule has 0 spiro atoms. The summed E-state index contributed by atoms with van der Waals surface area (Å²) in [6, 6.07) is 1.73. The number of hydrogen-bond donors (Lipinski definition) is 1. The number of non-ortho nitro benzene ring substituents is 1. The lowest BCUT2D eigenvalue weighted by Crippen LogP contribution is -2.47. The quantitative estimate of drug-likeness (QED) is 0.667. The summed E-state index contributed by atoms with van der Waals surface area (Å²) in [4.78, 5) is 21.9. The minimum absolute atomic E-state index is 0.101. The van der Waals surface area contributed by atoms with E-state index in [1.54, 1.807) is 6.92 Å². The van der Waals surface area contributed by atoms with Crippen molar-refractivity contribution in [2.75, 3.05) is 19.8 Å². The van der Waals surface area contributed by atoms with Gasteiger partial charge in [0, 0.05) is 17.7 Å². The van der Waals surface area contributed by atoms with Gasteiger partial charge in [-0.1, -0.05) is 0 Å². The molecule has 1 aliphatic rings. The lowest BCUT2D eigenvalue weighted by molar-refractivity contribution is -0.385. The van der Waals surface area contributed by atoms with Crippen LogP contribution in [0.2, 0.25) is 0 Å². The van der Waals surface area contributed by atoms with Gasteiger partial charge in [0.25, 0.3) is 11.6 Å². The van der Waals surface area contributed by atoms with E-state index in [0.29, 0.717) is 31.8 Å². The van der Waals surface area contributed by atoms with Gasteiger partial charge in [0.1, 0.15) is 0 Å². The summed E-state index contributed by atoms with van der Waals surface area (Å²) < 4.78 is 49.2. The Morgan fingerprint density at radius 3 is 2.50 bits per heavy atom. The van der Waals surface area contributed by atoms with Gasteiger partial charge in [-0.25, -0.2) is 0 Å². The maximum absolute atomic E-state index is 12.8. The summed E-state index contributed by atoms with van der Waals surface area (Å²) in [5, 5.41) is 13.2. The molecule has 2 rings (SSSR count). The average Bonchev–Trinajstić information content (AvgIpc) is 2.52. The Hall–Kier alpha value is -2.20. The number of hydrogen-bond acceptors (Lipinski definition) is 5. The minimum Gasteiger partial charge on any atom is -0.348 e. The molecule has 1 fully saturated rings. The van der Waals surface area contributed by atoms with Crippen LogP contribution in [0.15, 0.2) is 18.2 Å². The third kappa shape index (κ3) is 4.42. The molecule has 10 heteroatoms. The van der Waals surface area contributed by atoms with Crippen LogP contribution in [-0.4, -0.2) is 36.4 Å². The van der Waals surface area contributed by atoms with Crippen LogP contribution in [0.5, 0.6) is 0 Å². The van der Waals surface area contributed by atoms with Crippen molar-refractivity contribution in [2.24, 2.45) is 0 Å². The summed E-state index contributed by atoms with van der Waals surface area (Å²) in [6.45, 7) is 2.35. The predicted octanol–water partition coefficient (Wildman–Crippen LogP) is 2.50. The molecule has 0 atom stereocenters. The lowest BCUT2D eigenvalue weighted by Gasteiger charge is -2.33. The normalized spacial score (nSPS) is 17.3. The van der Waals surface area contributed by atoms with Crippen molar-refractivity contribution in [2.45, 2.75) is 25.3 Å². The van der Waals surface area contributed by atoms with Crippen LogP contribution in [0, 0.1) is 10.1 Å². The molecule has 1 N–H and O–H groups in total. The van der Waals surface area contributed by atoms with Crippen LogP contribution < -0.4 is 5.32 Å². The number of nitrogens with one attached hydrogen (secondary N) is 1. The molecule has 132 valence electrons. The summed E-state index contributed by atoms with van der Waals surface area (Å²) in [5.41, 5.74) is -2.54. The number of alkyl halides is 3.